The first-order valence-corrected chi connectivity index (χ1v) is 7.41. The molecule has 1 fully saturated rings. The lowest BCUT2D eigenvalue weighted by Gasteiger charge is -2.27. The van der Waals surface area contributed by atoms with Crippen molar-refractivity contribution in [3.05, 3.63) is 47.8 Å². The molecule has 0 radical (unpaired) electrons. The highest BCUT2D eigenvalue weighted by atomic mass is 19.1. The van der Waals surface area contributed by atoms with E-state index < -0.39 is 0 Å². The third-order valence-corrected chi connectivity index (χ3v) is 4.18. The fourth-order valence-electron chi connectivity index (χ4n) is 3.08. The molecule has 0 aromatic heterocycles. The molecular weight excluding hydrogens is 267 g/mol. The van der Waals surface area contributed by atoms with Crippen LogP contribution in [-0.4, -0.2) is 36.5 Å². The monoisotopic (exact) mass is 286 g/mol. The van der Waals surface area contributed by atoms with Crippen LogP contribution in [0, 0.1) is 5.82 Å². The Morgan fingerprint density at radius 3 is 2.71 bits per heavy atom. The minimum atomic E-state index is -0.285. The van der Waals surface area contributed by atoms with Crippen LogP contribution in [0.5, 0.6) is 0 Å². The van der Waals surface area contributed by atoms with Crippen molar-refractivity contribution >= 4 is 16.7 Å². The van der Waals surface area contributed by atoms with E-state index in [2.05, 4.69) is 5.32 Å². The Balaban J connectivity index is 2.02. The smallest absolute Gasteiger partial charge is 0.254 e. The van der Waals surface area contributed by atoms with Gasteiger partial charge in [-0.05, 0) is 37.4 Å². The van der Waals surface area contributed by atoms with Crippen LogP contribution in [0.15, 0.2) is 36.4 Å². The summed E-state index contributed by atoms with van der Waals surface area (Å²) in [6.07, 6.45) is 0.971. The van der Waals surface area contributed by atoms with Crippen LogP contribution < -0.4 is 5.32 Å². The first-order valence-electron chi connectivity index (χ1n) is 7.41. The minimum Gasteiger partial charge on any atom is -0.335 e. The number of benzene rings is 2. The number of amides is 1. The molecule has 110 valence electrons. The second kappa shape index (κ2) is 5.82. The van der Waals surface area contributed by atoms with Gasteiger partial charge in [-0.15, -0.1) is 0 Å². The molecule has 1 heterocycles. The molecule has 21 heavy (non-hydrogen) atoms. The summed E-state index contributed by atoms with van der Waals surface area (Å²) in [6, 6.07) is 10.4. The Morgan fingerprint density at radius 2 is 2.05 bits per heavy atom. The van der Waals surface area contributed by atoms with Gasteiger partial charge in [0.2, 0.25) is 0 Å². The SMILES string of the molecule is CCN(C(=O)c1ccc(F)c2ccccc12)C1CCNC1. The summed E-state index contributed by atoms with van der Waals surface area (Å²) in [4.78, 5) is 14.8. The van der Waals surface area contributed by atoms with Crippen LogP contribution in [0.2, 0.25) is 0 Å². The van der Waals surface area contributed by atoms with Crippen molar-refractivity contribution in [1.82, 2.24) is 10.2 Å². The number of halogens is 1. The number of rotatable bonds is 3. The van der Waals surface area contributed by atoms with E-state index in [0.717, 1.165) is 19.5 Å². The van der Waals surface area contributed by atoms with Crippen molar-refractivity contribution in [1.29, 1.82) is 0 Å². The number of nitrogens with one attached hydrogen (secondary N) is 1. The van der Waals surface area contributed by atoms with Crippen LogP contribution in [0.25, 0.3) is 10.8 Å². The topological polar surface area (TPSA) is 32.3 Å². The number of carbonyl (C=O) groups excluding carboxylic acids is 1. The van der Waals surface area contributed by atoms with E-state index in [4.69, 9.17) is 0 Å². The van der Waals surface area contributed by atoms with Crippen molar-refractivity contribution in [3.8, 4) is 0 Å². The van der Waals surface area contributed by atoms with Gasteiger partial charge in [0, 0.05) is 30.1 Å². The van der Waals surface area contributed by atoms with E-state index in [1.54, 1.807) is 18.2 Å². The molecule has 1 unspecified atom stereocenters. The summed E-state index contributed by atoms with van der Waals surface area (Å²) in [6.45, 7) is 4.43. The Kier molecular flexibility index (Phi) is 3.88. The third-order valence-electron chi connectivity index (χ3n) is 4.18. The molecule has 0 spiro atoms. The van der Waals surface area contributed by atoms with Crippen LogP contribution >= 0.6 is 0 Å². The molecule has 0 bridgehead atoms. The Hall–Kier alpha value is -1.94. The van der Waals surface area contributed by atoms with E-state index in [-0.39, 0.29) is 17.8 Å². The maximum Gasteiger partial charge on any atom is 0.254 e. The van der Waals surface area contributed by atoms with Crippen molar-refractivity contribution in [2.75, 3.05) is 19.6 Å². The van der Waals surface area contributed by atoms with Gasteiger partial charge >= 0.3 is 0 Å². The molecule has 0 saturated carbocycles. The molecule has 1 saturated heterocycles. The lowest BCUT2D eigenvalue weighted by atomic mass is 10.0. The average Bonchev–Trinajstić information content (AvgIpc) is 3.03. The van der Waals surface area contributed by atoms with Gasteiger partial charge in [-0.1, -0.05) is 24.3 Å². The van der Waals surface area contributed by atoms with Gasteiger partial charge in [0.15, 0.2) is 0 Å². The quantitative estimate of drug-likeness (QED) is 0.941. The van der Waals surface area contributed by atoms with Gasteiger partial charge in [-0.2, -0.15) is 0 Å². The van der Waals surface area contributed by atoms with Gasteiger partial charge in [0.25, 0.3) is 5.91 Å². The van der Waals surface area contributed by atoms with E-state index in [1.807, 2.05) is 24.0 Å². The van der Waals surface area contributed by atoms with Crippen LogP contribution in [0.4, 0.5) is 4.39 Å². The fourth-order valence-corrected chi connectivity index (χ4v) is 3.08. The summed E-state index contributed by atoms with van der Waals surface area (Å²) in [5.74, 6) is -0.296. The predicted octanol–water partition coefficient (Wildman–Crippen LogP) is 2.80. The normalized spacial score (nSPS) is 18.1. The van der Waals surface area contributed by atoms with E-state index in [1.165, 1.54) is 6.07 Å². The summed E-state index contributed by atoms with van der Waals surface area (Å²) in [7, 11) is 0. The predicted molar refractivity (Wildman–Crippen MR) is 81.9 cm³/mol. The first-order chi connectivity index (χ1) is 10.2. The standard InChI is InChI=1S/C17H19FN2O/c1-2-20(12-9-10-19-11-12)17(21)15-7-8-16(18)14-6-4-3-5-13(14)15/h3-8,12,19H,2,9-11H2,1H3. The zero-order valence-electron chi connectivity index (χ0n) is 12.1. The van der Waals surface area contributed by atoms with Crippen molar-refractivity contribution < 1.29 is 9.18 Å². The van der Waals surface area contributed by atoms with Crippen LogP contribution in [0.3, 0.4) is 0 Å². The number of fused-ring (bicyclic) bond motifs is 1. The zero-order valence-corrected chi connectivity index (χ0v) is 12.1. The number of nitrogens with zero attached hydrogens (tertiary/aromatic N) is 1. The van der Waals surface area contributed by atoms with E-state index in [9.17, 15) is 9.18 Å². The largest absolute Gasteiger partial charge is 0.335 e. The molecule has 1 aliphatic heterocycles. The Morgan fingerprint density at radius 1 is 1.29 bits per heavy atom. The maximum atomic E-state index is 13.9. The molecule has 4 heteroatoms. The molecule has 1 atom stereocenters. The summed E-state index contributed by atoms with van der Waals surface area (Å²) < 4.78 is 13.9. The van der Waals surface area contributed by atoms with Gasteiger partial charge in [0.1, 0.15) is 5.82 Å². The zero-order chi connectivity index (χ0) is 14.8. The van der Waals surface area contributed by atoms with E-state index >= 15 is 0 Å². The molecular formula is C17H19FN2O. The summed E-state index contributed by atoms with van der Waals surface area (Å²) in [5, 5.41) is 4.48. The summed E-state index contributed by atoms with van der Waals surface area (Å²) in [5.41, 5.74) is 0.584. The van der Waals surface area contributed by atoms with Crippen LogP contribution in [-0.2, 0) is 0 Å². The number of carbonyl (C=O) groups is 1. The highest BCUT2D eigenvalue weighted by Gasteiger charge is 2.27. The first kappa shape index (κ1) is 14.0. The molecule has 0 aliphatic carbocycles. The van der Waals surface area contributed by atoms with Gasteiger partial charge < -0.3 is 10.2 Å². The third kappa shape index (κ3) is 2.51. The number of hydrogen-bond acceptors (Lipinski definition) is 2. The molecule has 3 nitrogen and oxygen atoms in total. The molecule has 1 amide bonds. The minimum absolute atomic E-state index is 0.0117. The molecule has 2 aromatic rings. The summed E-state index contributed by atoms with van der Waals surface area (Å²) >= 11 is 0. The Bertz CT molecular complexity index is 665. The average molecular weight is 286 g/mol. The lowest BCUT2D eigenvalue weighted by Crippen LogP contribution is -2.41. The molecule has 3 rings (SSSR count). The van der Waals surface area contributed by atoms with Gasteiger partial charge in [0.05, 0.1) is 0 Å². The second-order valence-corrected chi connectivity index (χ2v) is 5.38. The fraction of sp³-hybridized carbons (Fsp3) is 0.353. The highest BCUT2D eigenvalue weighted by Crippen LogP contribution is 2.24. The lowest BCUT2D eigenvalue weighted by molar-refractivity contribution is 0.0706. The number of hydrogen-bond donors (Lipinski definition) is 1. The molecule has 1 N–H and O–H groups in total. The van der Waals surface area contributed by atoms with E-state index in [0.29, 0.717) is 22.9 Å². The van der Waals surface area contributed by atoms with Crippen molar-refractivity contribution in [2.45, 2.75) is 19.4 Å². The van der Waals surface area contributed by atoms with Crippen molar-refractivity contribution in [2.24, 2.45) is 0 Å². The Labute approximate surface area is 123 Å². The highest BCUT2D eigenvalue weighted by molar-refractivity contribution is 6.07. The maximum absolute atomic E-state index is 13.9. The molecule has 2 aromatic carbocycles. The molecule has 1 aliphatic rings. The number of likely N-dealkylation sites (N-methyl/N-ethyl adjacent to an activating group) is 1. The van der Waals surface area contributed by atoms with Gasteiger partial charge in [-0.3, -0.25) is 4.79 Å². The van der Waals surface area contributed by atoms with Crippen LogP contribution in [0.1, 0.15) is 23.7 Å². The van der Waals surface area contributed by atoms with Gasteiger partial charge in [-0.25, -0.2) is 4.39 Å². The van der Waals surface area contributed by atoms with Crippen molar-refractivity contribution in [3.63, 3.8) is 0 Å². The second-order valence-electron chi connectivity index (χ2n) is 5.38.